The number of aliphatic hydroxyl groups excluding tert-OH is 1. The van der Waals surface area contributed by atoms with E-state index in [1.54, 1.807) is 24.3 Å². The zero-order chi connectivity index (χ0) is 35.3. The maximum atomic E-state index is 13.5. The molecule has 0 saturated heterocycles. The molecule has 264 valence electrons. The van der Waals surface area contributed by atoms with E-state index in [-0.39, 0.29) is 73.3 Å². The maximum absolute atomic E-state index is 13.5. The molecule has 0 radical (unpaired) electrons. The number of allylic oxidation sites excluding steroid dienone is 1. The van der Waals surface area contributed by atoms with Crippen molar-refractivity contribution in [2.24, 2.45) is 28.6 Å². The van der Waals surface area contributed by atoms with Crippen LogP contribution in [0.1, 0.15) is 87.7 Å². The van der Waals surface area contributed by atoms with Crippen LogP contribution in [-0.2, 0) is 30.3 Å². The second kappa shape index (κ2) is 13.0. The Labute approximate surface area is 284 Å². The van der Waals surface area contributed by atoms with Gasteiger partial charge >= 0.3 is 11.9 Å². The Morgan fingerprint density at radius 1 is 1.08 bits per heavy atom. The molecule has 1 amide bonds. The summed E-state index contributed by atoms with van der Waals surface area (Å²) in [4.78, 5) is 65.5. The lowest BCUT2D eigenvalue weighted by Crippen LogP contribution is -2.62. The number of benzene rings is 1. The number of aromatic nitrogens is 1. The Hall–Kier alpha value is -4.03. The zero-order valence-corrected chi connectivity index (χ0v) is 28.3. The number of H-pyrrole nitrogens is 1. The largest absolute Gasteiger partial charge is 0.497 e. The molecule has 3 fully saturated rings. The fraction of sp³-hybridized carbons (Fsp3) is 0.595. The first kappa shape index (κ1) is 34.8. The van der Waals surface area contributed by atoms with E-state index in [2.05, 4.69) is 17.2 Å². The third kappa shape index (κ3) is 5.96. The fourth-order valence-corrected chi connectivity index (χ4v) is 9.91. The highest BCUT2D eigenvalue weighted by Gasteiger charge is 2.68. The summed E-state index contributed by atoms with van der Waals surface area (Å²) >= 11 is 0. The molecule has 1 heterocycles. The Morgan fingerprint density at radius 3 is 2.59 bits per heavy atom. The van der Waals surface area contributed by atoms with Crippen LogP contribution < -0.4 is 10.1 Å². The van der Waals surface area contributed by atoms with E-state index in [4.69, 9.17) is 9.47 Å². The summed E-state index contributed by atoms with van der Waals surface area (Å²) in [5.74, 6) is -2.16. The Morgan fingerprint density at radius 2 is 1.86 bits per heavy atom. The number of hydrogen-bond acceptors (Lipinski definition) is 9. The molecule has 12 heteroatoms. The predicted octanol–water partition coefficient (Wildman–Crippen LogP) is 3.66. The van der Waals surface area contributed by atoms with Gasteiger partial charge in [0.25, 0.3) is 0 Å². The summed E-state index contributed by atoms with van der Waals surface area (Å²) in [6.45, 7) is 3.53. The molecule has 7 atom stereocenters. The fourth-order valence-electron chi connectivity index (χ4n) is 9.91. The molecule has 1 aromatic heterocycles. The molecule has 49 heavy (non-hydrogen) atoms. The number of amides is 1. The first-order valence-corrected chi connectivity index (χ1v) is 17.2. The van der Waals surface area contributed by atoms with Crippen LogP contribution >= 0.6 is 0 Å². The number of carbonyl (C=O) groups is 5. The number of hydrogen-bond donors (Lipinski definition) is 5. The van der Waals surface area contributed by atoms with E-state index in [1.165, 1.54) is 7.11 Å². The molecule has 6 rings (SSSR count). The molecule has 4 aliphatic carbocycles. The number of rotatable bonds is 11. The molecule has 0 unspecified atom stereocenters. The molecular formula is C37H46N2O10. The van der Waals surface area contributed by atoms with Gasteiger partial charge in [-0.3, -0.25) is 19.2 Å². The summed E-state index contributed by atoms with van der Waals surface area (Å²) < 4.78 is 10.5. The highest BCUT2D eigenvalue weighted by Crippen LogP contribution is 2.67. The molecule has 4 aliphatic rings. The second-order valence-electron chi connectivity index (χ2n) is 14.9. The lowest BCUT2D eigenvalue weighted by molar-refractivity contribution is -0.184. The number of carboxylic acid groups (broad SMARTS) is 1. The van der Waals surface area contributed by atoms with Crippen LogP contribution in [0.15, 0.2) is 29.8 Å². The highest BCUT2D eigenvalue weighted by molar-refractivity contribution is 5.98. The van der Waals surface area contributed by atoms with Gasteiger partial charge < -0.3 is 35.1 Å². The molecule has 12 nitrogen and oxygen atoms in total. The molecule has 5 N–H and O–H groups in total. The molecule has 2 aromatic rings. The molecule has 0 aliphatic heterocycles. The van der Waals surface area contributed by atoms with E-state index < -0.39 is 47.4 Å². The second-order valence-corrected chi connectivity index (χ2v) is 14.9. The van der Waals surface area contributed by atoms with Gasteiger partial charge in [0.05, 0.1) is 19.6 Å². The van der Waals surface area contributed by atoms with Crippen molar-refractivity contribution >= 4 is 40.3 Å². The first-order chi connectivity index (χ1) is 23.2. The van der Waals surface area contributed by atoms with Crippen molar-refractivity contribution in [2.75, 3.05) is 20.3 Å². The zero-order valence-electron chi connectivity index (χ0n) is 28.3. The summed E-state index contributed by atoms with van der Waals surface area (Å²) in [5, 5.41) is 36.5. The number of methoxy groups -OCH3 is 1. The lowest BCUT2D eigenvalue weighted by atomic mass is 9.45. The van der Waals surface area contributed by atoms with Crippen LogP contribution in [0.3, 0.4) is 0 Å². The number of ketones is 2. The number of nitrogens with one attached hydrogen (secondary N) is 2. The first-order valence-electron chi connectivity index (χ1n) is 17.2. The number of aromatic amines is 1. The van der Waals surface area contributed by atoms with Crippen LogP contribution in [-0.4, -0.2) is 81.7 Å². The van der Waals surface area contributed by atoms with E-state index >= 15 is 0 Å². The monoisotopic (exact) mass is 678 g/mol. The van der Waals surface area contributed by atoms with Crippen molar-refractivity contribution in [3.63, 3.8) is 0 Å². The van der Waals surface area contributed by atoms with E-state index in [1.807, 2.05) is 6.92 Å². The smallest absolute Gasteiger partial charge is 0.352 e. The minimum Gasteiger partial charge on any atom is -0.497 e. The Bertz CT molecular complexity index is 1730. The number of esters is 1. The summed E-state index contributed by atoms with van der Waals surface area (Å²) in [6, 6.07) is 5.17. The molecular weight excluding hydrogens is 632 g/mol. The number of Topliss-reactive ketones (excluding diaryl/α,β-unsaturated/α-hetero) is 1. The van der Waals surface area contributed by atoms with Gasteiger partial charge in [0.2, 0.25) is 11.7 Å². The van der Waals surface area contributed by atoms with Crippen molar-refractivity contribution in [3.05, 3.63) is 41.1 Å². The van der Waals surface area contributed by atoms with Gasteiger partial charge in [0.1, 0.15) is 17.0 Å². The van der Waals surface area contributed by atoms with Crippen molar-refractivity contribution in [3.8, 4) is 5.75 Å². The number of carboxylic acids is 1. The molecule has 3 saturated carbocycles. The number of ether oxygens (including phenoxy) is 2. The highest BCUT2D eigenvalue weighted by atomic mass is 16.5. The molecule has 0 spiro atoms. The van der Waals surface area contributed by atoms with Crippen LogP contribution in [0, 0.1) is 28.6 Å². The van der Waals surface area contributed by atoms with Gasteiger partial charge in [0, 0.05) is 35.7 Å². The normalized spacial score (nSPS) is 32.0. The van der Waals surface area contributed by atoms with Crippen LogP contribution in [0.25, 0.3) is 10.9 Å². The van der Waals surface area contributed by atoms with E-state index in [9.17, 15) is 39.3 Å². The third-order valence-corrected chi connectivity index (χ3v) is 12.5. The Balaban J connectivity index is 1.01. The number of aromatic carboxylic acids is 1. The predicted molar refractivity (Wildman–Crippen MR) is 177 cm³/mol. The quantitative estimate of drug-likeness (QED) is 0.219. The Kier molecular flexibility index (Phi) is 9.25. The van der Waals surface area contributed by atoms with Gasteiger partial charge in [-0.15, -0.1) is 0 Å². The van der Waals surface area contributed by atoms with Crippen LogP contribution in [0.4, 0.5) is 0 Å². The number of fused-ring (bicyclic) bond motifs is 6. The van der Waals surface area contributed by atoms with Crippen molar-refractivity contribution in [1.29, 1.82) is 0 Å². The van der Waals surface area contributed by atoms with Crippen LogP contribution in [0.2, 0.25) is 0 Å². The summed E-state index contributed by atoms with van der Waals surface area (Å²) in [6.07, 6.45) is 4.57. The average Bonchev–Trinajstić information content (AvgIpc) is 3.56. The summed E-state index contributed by atoms with van der Waals surface area (Å²) in [7, 11) is 1.51. The summed E-state index contributed by atoms with van der Waals surface area (Å²) in [5.41, 5.74) is -0.650. The minimum absolute atomic E-state index is 0.00288. The van der Waals surface area contributed by atoms with Gasteiger partial charge in [0.15, 0.2) is 12.4 Å². The SMILES string of the molecule is COc1ccc2[nH]c(C(=O)O)c(CCNC(=O)CCC(=O)OCC(=O)[C@@]3(O)CC[C@H]4[C@@H]5CCC6=CC(=O)CC[C@]6(C)[C@H]5[C@H](O)C[C@@]43C)c2c1. The van der Waals surface area contributed by atoms with Gasteiger partial charge in [-0.1, -0.05) is 19.4 Å². The lowest BCUT2D eigenvalue weighted by Gasteiger charge is -2.60. The van der Waals surface area contributed by atoms with Gasteiger partial charge in [-0.05, 0) is 98.0 Å². The maximum Gasteiger partial charge on any atom is 0.352 e. The van der Waals surface area contributed by atoms with E-state index in [0.717, 1.165) is 18.4 Å². The average molecular weight is 679 g/mol. The molecule has 0 bridgehead atoms. The number of carbonyl (C=O) groups excluding carboxylic acids is 4. The van der Waals surface area contributed by atoms with Crippen molar-refractivity contribution < 1.29 is 48.8 Å². The van der Waals surface area contributed by atoms with Crippen LogP contribution in [0.5, 0.6) is 5.75 Å². The van der Waals surface area contributed by atoms with Crippen molar-refractivity contribution in [1.82, 2.24) is 10.3 Å². The minimum atomic E-state index is -1.76. The molecule has 1 aromatic carbocycles. The topological polar surface area (TPSA) is 192 Å². The van der Waals surface area contributed by atoms with Gasteiger partial charge in [-0.2, -0.15) is 0 Å². The number of aliphatic hydroxyl groups is 2. The standard InChI is InChI=1S/C37H46N2O10/c1-35-13-10-21(40)16-20(35)4-6-24-26-11-14-37(47,36(26,2)18-28(41)32(24)35)29(42)19-49-31(44)9-8-30(43)38-15-12-23-25-17-22(48-3)5-7-27(25)39-33(23)34(45)46/h5,7,16-17,24,26,28,32,39,41,47H,4,6,8-15,18-19H2,1-3H3,(H,38,43)(H,45,46)/t24-,26-,28+,32+,35-,36-,37-/m0/s1. The third-order valence-electron chi connectivity index (χ3n) is 12.5. The van der Waals surface area contributed by atoms with E-state index in [0.29, 0.717) is 41.5 Å². The van der Waals surface area contributed by atoms with Gasteiger partial charge in [-0.25, -0.2) is 4.79 Å². The van der Waals surface area contributed by atoms with Crippen molar-refractivity contribution in [2.45, 2.75) is 89.8 Å².